The first-order chi connectivity index (χ1) is 14.8. The van der Waals surface area contributed by atoms with E-state index in [1.165, 1.54) is 25.3 Å². The van der Waals surface area contributed by atoms with Crippen LogP contribution in [0.5, 0.6) is 11.5 Å². The Kier molecular flexibility index (Phi) is 6.88. The molecule has 8 nitrogen and oxygen atoms in total. The first-order valence-corrected chi connectivity index (χ1v) is 9.80. The molecule has 3 N–H and O–H groups in total. The number of halogens is 1. The van der Waals surface area contributed by atoms with Crippen LogP contribution in [0.3, 0.4) is 0 Å². The highest BCUT2D eigenvalue weighted by atomic mass is 35.5. The third-order valence-electron chi connectivity index (χ3n) is 4.16. The lowest BCUT2D eigenvalue weighted by atomic mass is 10.1. The van der Waals surface area contributed by atoms with E-state index in [2.05, 4.69) is 16.0 Å². The second-order valence-corrected chi connectivity index (χ2v) is 7.35. The number of ether oxygens (including phenoxy) is 2. The fourth-order valence-electron chi connectivity index (χ4n) is 2.79. The highest BCUT2D eigenvalue weighted by molar-refractivity contribution is 7.80. The number of rotatable bonds is 6. The van der Waals surface area contributed by atoms with Gasteiger partial charge in [0, 0.05) is 5.69 Å². The van der Waals surface area contributed by atoms with Gasteiger partial charge in [0.1, 0.15) is 5.57 Å². The topological polar surface area (TPSA) is 106 Å². The second kappa shape index (κ2) is 9.59. The van der Waals surface area contributed by atoms with E-state index < -0.39 is 11.8 Å². The Bertz CT molecular complexity index is 1090. The van der Waals surface area contributed by atoms with Crippen molar-refractivity contribution in [1.82, 2.24) is 10.6 Å². The van der Waals surface area contributed by atoms with Gasteiger partial charge in [-0.3, -0.25) is 25.0 Å². The summed E-state index contributed by atoms with van der Waals surface area (Å²) in [5.74, 6) is -1.24. The molecule has 2 aromatic carbocycles. The highest BCUT2D eigenvalue weighted by Crippen LogP contribution is 2.37. The molecule has 0 aliphatic carbocycles. The third kappa shape index (κ3) is 5.59. The minimum Gasteiger partial charge on any atom is -0.493 e. The predicted molar refractivity (Wildman–Crippen MR) is 120 cm³/mol. The van der Waals surface area contributed by atoms with E-state index in [0.717, 1.165) is 5.56 Å². The number of benzene rings is 2. The standard InChI is InChI=1S/C21H18ClN3O5S/c1-11-4-3-5-13(6-11)23-17(26)10-30-18-15(22)8-12(9-16(18)29-2)7-14-19(27)24-21(31)25-20(14)28/h3-9H,10H2,1-2H3,(H,23,26)(H2,24,25,27,28,31). The molecule has 1 heterocycles. The van der Waals surface area contributed by atoms with Crippen molar-refractivity contribution < 1.29 is 23.9 Å². The molecule has 0 saturated carbocycles. The zero-order valence-corrected chi connectivity index (χ0v) is 18.1. The molecule has 1 saturated heterocycles. The Morgan fingerprint density at radius 1 is 1.19 bits per heavy atom. The largest absolute Gasteiger partial charge is 0.493 e. The highest BCUT2D eigenvalue weighted by Gasteiger charge is 2.26. The molecule has 2 aromatic rings. The van der Waals surface area contributed by atoms with Gasteiger partial charge < -0.3 is 14.8 Å². The van der Waals surface area contributed by atoms with E-state index in [0.29, 0.717) is 11.3 Å². The predicted octanol–water partition coefficient (Wildman–Crippen LogP) is 2.59. The summed E-state index contributed by atoms with van der Waals surface area (Å²) in [6.07, 6.45) is 1.34. The molecule has 160 valence electrons. The van der Waals surface area contributed by atoms with Gasteiger partial charge in [-0.1, -0.05) is 23.7 Å². The van der Waals surface area contributed by atoms with Crippen molar-refractivity contribution in [2.45, 2.75) is 6.92 Å². The van der Waals surface area contributed by atoms with Crippen LogP contribution in [-0.4, -0.2) is 36.6 Å². The number of carbonyl (C=O) groups is 3. The molecule has 3 amide bonds. The van der Waals surface area contributed by atoms with Crippen molar-refractivity contribution in [3.05, 3.63) is 58.1 Å². The van der Waals surface area contributed by atoms with Gasteiger partial charge in [-0.15, -0.1) is 0 Å². The third-order valence-corrected chi connectivity index (χ3v) is 4.64. The van der Waals surface area contributed by atoms with E-state index in [1.54, 1.807) is 6.07 Å². The van der Waals surface area contributed by atoms with E-state index in [4.69, 9.17) is 33.3 Å². The average Bonchev–Trinajstić information content (AvgIpc) is 2.69. The van der Waals surface area contributed by atoms with Crippen molar-refractivity contribution >= 4 is 58.4 Å². The number of thiocarbonyl (C=S) groups is 1. The lowest BCUT2D eigenvalue weighted by Gasteiger charge is -2.17. The molecule has 3 rings (SSSR count). The van der Waals surface area contributed by atoms with Crippen molar-refractivity contribution in [3.63, 3.8) is 0 Å². The van der Waals surface area contributed by atoms with Gasteiger partial charge in [0.15, 0.2) is 23.2 Å². The summed E-state index contributed by atoms with van der Waals surface area (Å²) in [5.41, 5.74) is 1.94. The first kappa shape index (κ1) is 22.3. The molecule has 1 fully saturated rings. The van der Waals surface area contributed by atoms with Crippen molar-refractivity contribution in [3.8, 4) is 11.5 Å². The van der Waals surface area contributed by atoms with Crippen molar-refractivity contribution in [2.24, 2.45) is 0 Å². The molecule has 0 spiro atoms. The SMILES string of the molecule is COc1cc(C=C2C(=O)NC(=S)NC2=O)cc(Cl)c1OCC(=O)Nc1cccc(C)c1. The van der Waals surface area contributed by atoms with Crippen LogP contribution in [0.15, 0.2) is 42.0 Å². The Morgan fingerprint density at radius 2 is 1.90 bits per heavy atom. The molecule has 0 radical (unpaired) electrons. The van der Waals surface area contributed by atoms with Crippen LogP contribution in [-0.2, 0) is 14.4 Å². The Hall–Kier alpha value is -3.43. The first-order valence-electron chi connectivity index (χ1n) is 9.02. The summed E-state index contributed by atoms with van der Waals surface area (Å²) < 4.78 is 10.9. The van der Waals surface area contributed by atoms with Crippen LogP contribution in [0.2, 0.25) is 5.02 Å². The zero-order valence-electron chi connectivity index (χ0n) is 16.6. The Labute approximate surface area is 188 Å². The molecule has 10 heteroatoms. The fourth-order valence-corrected chi connectivity index (χ4v) is 3.25. The summed E-state index contributed by atoms with van der Waals surface area (Å²) in [5, 5.41) is 7.51. The number of hydrogen-bond donors (Lipinski definition) is 3. The van der Waals surface area contributed by atoms with Gasteiger partial charge >= 0.3 is 0 Å². The minimum atomic E-state index is -0.628. The number of aryl methyl sites for hydroxylation is 1. The summed E-state index contributed by atoms with van der Waals surface area (Å²) in [6, 6.07) is 10.4. The number of anilines is 1. The zero-order chi connectivity index (χ0) is 22.5. The average molecular weight is 460 g/mol. The number of carbonyl (C=O) groups excluding carboxylic acids is 3. The molecule has 1 aliphatic rings. The van der Waals surface area contributed by atoms with Gasteiger partial charge in [-0.05, 0) is 60.6 Å². The molecular weight excluding hydrogens is 442 g/mol. The summed E-state index contributed by atoms with van der Waals surface area (Å²) in [6.45, 7) is 1.62. The summed E-state index contributed by atoms with van der Waals surface area (Å²) in [4.78, 5) is 36.2. The smallest absolute Gasteiger partial charge is 0.263 e. The molecule has 0 atom stereocenters. The number of methoxy groups -OCH3 is 1. The van der Waals surface area contributed by atoms with Crippen LogP contribution in [0, 0.1) is 6.92 Å². The molecule has 1 aliphatic heterocycles. The normalized spacial score (nSPS) is 13.3. The number of nitrogens with one attached hydrogen (secondary N) is 3. The monoisotopic (exact) mass is 459 g/mol. The van der Waals surface area contributed by atoms with Crippen LogP contribution in [0.4, 0.5) is 5.69 Å². The summed E-state index contributed by atoms with van der Waals surface area (Å²) >= 11 is 11.1. The van der Waals surface area contributed by atoms with E-state index in [1.807, 2.05) is 25.1 Å². The van der Waals surface area contributed by atoms with Gasteiger partial charge in [-0.2, -0.15) is 0 Å². The second-order valence-electron chi connectivity index (χ2n) is 6.54. The van der Waals surface area contributed by atoms with Crippen molar-refractivity contribution in [2.75, 3.05) is 19.0 Å². The van der Waals surface area contributed by atoms with E-state index in [9.17, 15) is 14.4 Å². The van der Waals surface area contributed by atoms with Crippen molar-refractivity contribution in [1.29, 1.82) is 0 Å². The maximum atomic E-state index is 12.2. The lowest BCUT2D eigenvalue weighted by Crippen LogP contribution is -2.51. The van der Waals surface area contributed by atoms with Crippen LogP contribution in [0.25, 0.3) is 6.08 Å². The fraction of sp³-hybridized carbons (Fsp3) is 0.143. The van der Waals surface area contributed by atoms with E-state index >= 15 is 0 Å². The minimum absolute atomic E-state index is 0.0598. The molecule has 0 bridgehead atoms. The lowest BCUT2D eigenvalue weighted by molar-refractivity contribution is -0.123. The quantitative estimate of drug-likeness (QED) is 0.348. The Morgan fingerprint density at radius 3 is 2.55 bits per heavy atom. The van der Waals surface area contributed by atoms with Gasteiger partial charge in [-0.25, -0.2) is 0 Å². The molecule has 0 unspecified atom stereocenters. The number of hydrogen-bond acceptors (Lipinski definition) is 6. The molecule has 31 heavy (non-hydrogen) atoms. The van der Waals surface area contributed by atoms with Crippen LogP contribution < -0.4 is 25.4 Å². The van der Waals surface area contributed by atoms with Gasteiger partial charge in [0.05, 0.1) is 12.1 Å². The van der Waals surface area contributed by atoms with Gasteiger partial charge in [0.2, 0.25) is 0 Å². The summed E-state index contributed by atoms with van der Waals surface area (Å²) in [7, 11) is 1.40. The van der Waals surface area contributed by atoms with Crippen LogP contribution >= 0.6 is 23.8 Å². The van der Waals surface area contributed by atoms with Gasteiger partial charge in [0.25, 0.3) is 17.7 Å². The maximum absolute atomic E-state index is 12.2. The molecular formula is C21H18ClN3O5S. The van der Waals surface area contributed by atoms with Crippen LogP contribution in [0.1, 0.15) is 11.1 Å². The van der Waals surface area contributed by atoms with E-state index in [-0.39, 0.29) is 39.7 Å². The maximum Gasteiger partial charge on any atom is 0.263 e. The number of amides is 3. The Balaban J connectivity index is 1.76. The molecule has 0 aromatic heterocycles.